The second-order valence-electron chi connectivity index (χ2n) is 4.34. The van der Waals surface area contributed by atoms with Crippen molar-refractivity contribution in [2.45, 2.75) is 38.6 Å². The van der Waals surface area contributed by atoms with Gasteiger partial charge in [0.05, 0.1) is 0 Å². The third kappa shape index (κ3) is 1.61. The van der Waals surface area contributed by atoms with Crippen molar-refractivity contribution in [2.75, 3.05) is 6.54 Å². The number of hydrogen-bond donors (Lipinski definition) is 1. The summed E-state index contributed by atoms with van der Waals surface area (Å²) in [6, 6.07) is -0.0168. The van der Waals surface area contributed by atoms with E-state index in [9.17, 15) is 9.59 Å². The Morgan fingerprint density at radius 2 is 2.07 bits per heavy atom. The summed E-state index contributed by atoms with van der Waals surface area (Å²) >= 11 is 0. The summed E-state index contributed by atoms with van der Waals surface area (Å²) in [5, 5.41) is 2.79. The van der Waals surface area contributed by atoms with Gasteiger partial charge in [0, 0.05) is 19.0 Å². The Kier molecular flexibility index (Phi) is 2.44. The Morgan fingerprint density at radius 3 is 2.64 bits per heavy atom. The number of nitrogens with zero attached hydrogens (tertiary/aromatic N) is 1. The van der Waals surface area contributed by atoms with Crippen LogP contribution in [0.4, 0.5) is 4.79 Å². The largest absolute Gasteiger partial charge is 0.337 e. The SMILES string of the molecule is CC1CNC(=O)N(C2CCC2)C(=O)C1. The molecule has 1 heterocycles. The zero-order chi connectivity index (χ0) is 10.1. The van der Waals surface area contributed by atoms with Gasteiger partial charge in [0.2, 0.25) is 5.91 Å². The lowest BCUT2D eigenvalue weighted by molar-refractivity contribution is -0.131. The predicted octanol–water partition coefficient (Wildman–Crippen LogP) is 1.12. The predicted molar refractivity (Wildman–Crippen MR) is 51.7 cm³/mol. The molecule has 1 atom stereocenters. The fourth-order valence-corrected chi connectivity index (χ4v) is 1.94. The molecule has 2 rings (SSSR count). The first-order valence-electron chi connectivity index (χ1n) is 5.28. The van der Waals surface area contributed by atoms with Crippen molar-refractivity contribution in [2.24, 2.45) is 5.92 Å². The molecule has 0 aromatic carbocycles. The summed E-state index contributed by atoms with van der Waals surface area (Å²) in [6.07, 6.45) is 3.59. The van der Waals surface area contributed by atoms with Crippen LogP contribution >= 0.6 is 0 Å². The van der Waals surface area contributed by atoms with E-state index in [-0.39, 0.29) is 23.9 Å². The van der Waals surface area contributed by atoms with Gasteiger partial charge < -0.3 is 5.32 Å². The first-order valence-corrected chi connectivity index (χ1v) is 5.28. The molecule has 0 spiro atoms. The Hall–Kier alpha value is -1.06. The summed E-state index contributed by atoms with van der Waals surface area (Å²) < 4.78 is 0. The maximum absolute atomic E-state index is 11.7. The molecule has 1 saturated carbocycles. The summed E-state index contributed by atoms with van der Waals surface area (Å²) in [4.78, 5) is 24.8. The number of rotatable bonds is 1. The molecule has 0 bridgehead atoms. The molecule has 4 heteroatoms. The van der Waals surface area contributed by atoms with Gasteiger partial charge in [-0.15, -0.1) is 0 Å². The van der Waals surface area contributed by atoms with Gasteiger partial charge in [-0.2, -0.15) is 0 Å². The summed E-state index contributed by atoms with van der Waals surface area (Å²) in [5.41, 5.74) is 0. The lowest BCUT2D eigenvalue weighted by atomic mass is 9.91. The van der Waals surface area contributed by atoms with Crippen molar-refractivity contribution in [3.63, 3.8) is 0 Å². The zero-order valence-electron chi connectivity index (χ0n) is 8.45. The van der Waals surface area contributed by atoms with Crippen LogP contribution in [0.2, 0.25) is 0 Å². The van der Waals surface area contributed by atoms with Crippen LogP contribution in [0.5, 0.6) is 0 Å². The Balaban J connectivity index is 2.10. The lowest BCUT2D eigenvalue weighted by Gasteiger charge is -2.34. The monoisotopic (exact) mass is 196 g/mol. The van der Waals surface area contributed by atoms with Crippen LogP contribution in [0.15, 0.2) is 0 Å². The number of urea groups is 1. The minimum atomic E-state index is -0.191. The Bertz CT molecular complexity index is 261. The number of nitrogens with one attached hydrogen (secondary N) is 1. The van der Waals surface area contributed by atoms with Crippen molar-refractivity contribution in [1.82, 2.24) is 10.2 Å². The summed E-state index contributed by atoms with van der Waals surface area (Å²) in [5.74, 6) is 0.258. The molecule has 1 saturated heterocycles. The van der Waals surface area contributed by atoms with Gasteiger partial charge in [0.15, 0.2) is 0 Å². The average Bonchev–Trinajstić information content (AvgIpc) is 2.15. The highest BCUT2D eigenvalue weighted by atomic mass is 16.2. The summed E-state index contributed by atoms with van der Waals surface area (Å²) in [7, 11) is 0. The third-order valence-corrected chi connectivity index (χ3v) is 3.05. The molecule has 0 radical (unpaired) electrons. The van der Waals surface area contributed by atoms with E-state index < -0.39 is 0 Å². The average molecular weight is 196 g/mol. The van der Waals surface area contributed by atoms with Crippen LogP contribution in [0.3, 0.4) is 0 Å². The third-order valence-electron chi connectivity index (χ3n) is 3.05. The van der Waals surface area contributed by atoms with Crippen LogP contribution in [0, 0.1) is 5.92 Å². The molecule has 1 unspecified atom stereocenters. The second-order valence-corrected chi connectivity index (χ2v) is 4.34. The van der Waals surface area contributed by atoms with Crippen LogP contribution in [-0.2, 0) is 4.79 Å². The van der Waals surface area contributed by atoms with Crippen molar-refractivity contribution in [3.05, 3.63) is 0 Å². The number of hydrogen-bond acceptors (Lipinski definition) is 2. The van der Waals surface area contributed by atoms with Gasteiger partial charge in [0.25, 0.3) is 0 Å². The van der Waals surface area contributed by atoms with E-state index in [2.05, 4.69) is 5.32 Å². The molecule has 2 aliphatic rings. The molecule has 2 fully saturated rings. The Labute approximate surface area is 83.6 Å². The van der Waals surface area contributed by atoms with E-state index in [0.717, 1.165) is 19.3 Å². The van der Waals surface area contributed by atoms with E-state index >= 15 is 0 Å². The highest BCUT2D eigenvalue weighted by Crippen LogP contribution is 2.26. The zero-order valence-corrected chi connectivity index (χ0v) is 8.45. The molecule has 14 heavy (non-hydrogen) atoms. The number of carbonyl (C=O) groups excluding carboxylic acids is 2. The van der Waals surface area contributed by atoms with E-state index in [1.807, 2.05) is 6.92 Å². The van der Waals surface area contributed by atoms with Crippen molar-refractivity contribution >= 4 is 11.9 Å². The standard InChI is InChI=1S/C10H16N2O2/c1-7-5-9(13)12(8-3-2-4-8)10(14)11-6-7/h7-8H,2-6H2,1H3,(H,11,14). The first-order chi connectivity index (χ1) is 6.68. The number of carbonyl (C=O) groups is 2. The second kappa shape index (κ2) is 3.59. The maximum atomic E-state index is 11.7. The van der Waals surface area contributed by atoms with Gasteiger partial charge in [-0.05, 0) is 25.2 Å². The fraction of sp³-hybridized carbons (Fsp3) is 0.800. The number of amides is 3. The molecular weight excluding hydrogens is 180 g/mol. The van der Waals surface area contributed by atoms with E-state index in [1.54, 1.807) is 0 Å². The van der Waals surface area contributed by atoms with Gasteiger partial charge in [-0.3, -0.25) is 9.69 Å². The van der Waals surface area contributed by atoms with Crippen LogP contribution in [-0.4, -0.2) is 29.4 Å². The quantitative estimate of drug-likeness (QED) is 0.683. The van der Waals surface area contributed by atoms with Gasteiger partial charge in [-0.1, -0.05) is 6.92 Å². The smallest absolute Gasteiger partial charge is 0.324 e. The molecule has 0 aromatic heterocycles. The number of imide groups is 1. The van der Waals surface area contributed by atoms with Gasteiger partial charge >= 0.3 is 6.03 Å². The molecular formula is C10H16N2O2. The molecule has 4 nitrogen and oxygen atoms in total. The van der Waals surface area contributed by atoms with Crippen molar-refractivity contribution in [1.29, 1.82) is 0 Å². The van der Waals surface area contributed by atoms with Crippen molar-refractivity contribution < 1.29 is 9.59 Å². The lowest BCUT2D eigenvalue weighted by Crippen LogP contribution is -2.50. The van der Waals surface area contributed by atoms with Crippen LogP contribution in [0.1, 0.15) is 32.6 Å². The van der Waals surface area contributed by atoms with Gasteiger partial charge in [0.1, 0.15) is 0 Å². The molecule has 1 N–H and O–H groups in total. The van der Waals surface area contributed by atoms with Crippen LogP contribution in [0.25, 0.3) is 0 Å². The normalized spacial score (nSPS) is 29.5. The maximum Gasteiger partial charge on any atom is 0.324 e. The minimum absolute atomic E-state index is 0.00259. The fourth-order valence-electron chi connectivity index (χ4n) is 1.94. The molecule has 0 aromatic rings. The molecule has 3 amide bonds. The molecule has 78 valence electrons. The highest BCUT2D eigenvalue weighted by Gasteiger charge is 2.35. The topological polar surface area (TPSA) is 49.4 Å². The molecule has 1 aliphatic heterocycles. The first kappa shape index (κ1) is 9.49. The Morgan fingerprint density at radius 1 is 1.36 bits per heavy atom. The highest BCUT2D eigenvalue weighted by molar-refractivity contribution is 5.95. The minimum Gasteiger partial charge on any atom is -0.337 e. The van der Waals surface area contributed by atoms with Crippen molar-refractivity contribution in [3.8, 4) is 0 Å². The molecule has 1 aliphatic carbocycles. The summed E-state index contributed by atoms with van der Waals surface area (Å²) in [6.45, 7) is 2.61. The van der Waals surface area contributed by atoms with Crippen LogP contribution < -0.4 is 5.32 Å². The van der Waals surface area contributed by atoms with E-state index in [1.165, 1.54) is 4.90 Å². The van der Waals surface area contributed by atoms with Gasteiger partial charge in [-0.25, -0.2) is 4.79 Å². The van der Waals surface area contributed by atoms with E-state index in [0.29, 0.717) is 13.0 Å². The van der Waals surface area contributed by atoms with E-state index in [4.69, 9.17) is 0 Å².